The largest absolute Gasteiger partial charge is 0.378 e. The minimum atomic E-state index is 0.0294. The fourth-order valence-electron chi connectivity index (χ4n) is 2.64. The lowest BCUT2D eigenvalue weighted by Gasteiger charge is -2.30. The van der Waals surface area contributed by atoms with Gasteiger partial charge in [-0.15, -0.1) is 0 Å². The smallest absolute Gasteiger partial charge is 0.152 e. The average molecular weight is 300 g/mol. The summed E-state index contributed by atoms with van der Waals surface area (Å²) in [6.07, 6.45) is 4.31. The molecule has 4 heteroatoms. The summed E-state index contributed by atoms with van der Waals surface area (Å²) in [5.41, 5.74) is 4.46. The maximum Gasteiger partial charge on any atom is 0.152 e. The Labute approximate surface area is 132 Å². The molecule has 1 aliphatic heterocycles. The second kappa shape index (κ2) is 7.90. The Morgan fingerprint density at radius 2 is 2.05 bits per heavy atom. The Morgan fingerprint density at radius 3 is 2.64 bits per heavy atom. The summed E-state index contributed by atoms with van der Waals surface area (Å²) in [7, 11) is 1.75. The molecule has 0 atom stereocenters. The summed E-state index contributed by atoms with van der Waals surface area (Å²) in [6, 6.07) is 6.42. The number of rotatable bonds is 5. The summed E-state index contributed by atoms with van der Waals surface area (Å²) in [4.78, 5) is 17.8. The van der Waals surface area contributed by atoms with Crippen molar-refractivity contribution in [2.24, 2.45) is 4.99 Å². The zero-order valence-electron chi connectivity index (χ0n) is 13.6. The van der Waals surface area contributed by atoms with Gasteiger partial charge in [0.25, 0.3) is 0 Å². The zero-order valence-corrected chi connectivity index (χ0v) is 13.6. The molecule has 22 heavy (non-hydrogen) atoms. The van der Waals surface area contributed by atoms with Crippen LogP contribution < -0.4 is 4.90 Å². The maximum absolute atomic E-state index is 11.1. The summed E-state index contributed by atoms with van der Waals surface area (Å²) >= 11 is 0. The van der Waals surface area contributed by atoms with Gasteiger partial charge in [-0.2, -0.15) is 0 Å². The van der Waals surface area contributed by atoms with Crippen molar-refractivity contribution < 1.29 is 9.53 Å². The Bertz CT molecular complexity index is 585. The van der Waals surface area contributed by atoms with E-state index in [1.54, 1.807) is 26.1 Å². The molecule has 118 valence electrons. The van der Waals surface area contributed by atoms with Gasteiger partial charge in [-0.1, -0.05) is 13.0 Å². The predicted molar refractivity (Wildman–Crippen MR) is 91.1 cm³/mol. The number of allylic oxidation sites excluding steroid dienone is 2. The van der Waals surface area contributed by atoms with E-state index >= 15 is 0 Å². The summed E-state index contributed by atoms with van der Waals surface area (Å²) in [5, 5.41) is 0. The normalized spacial score (nSPS) is 16.3. The van der Waals surface area contributed by atoms with Gasteiger partial charge >= 0.3 is 0 Å². The van der Waals surface area contributed by atoms with Gasteiger partial charge in [-0.25, -0.2) is 0 Å². The molecule has 4 nitrogen and oxygen atoms in total. The molecule has 2 rings (SSSR count). The molecular weight excluding hydrogens is 276 g/mol. The molecule has 0 unspecified atom stereocenters. The molecule has 0 aromatic heterocycles. The number of hydrogen-bond donors (Lipinski definition) is 0. The lowest BCUT2D eigenvalue weighted by atomic mass is 10.0. The molecule has 0 amide bonds. The van der Waals surface area contributed by atoms with Crippen molar-refractivity contribution in [2.75, 3.05) is 38.3 Å². The minimum Gasteiger partial charge on any atom is -0.378 e. The molecule has 1 aromatic rings. The highest BCUT2D eigenvalue weighted by Gasteiger charge is 2.15. The third kappa shape index (κ3) is 4.04. The van der Waals surface area contributed by atoms with Gasteiger partial charge in [-0.3, -0.25) is 9.79 Å². The average Bonchev–Trinajstić information content (AvgIpc) is 2.55. The molecule has 1 fully saturated rings. The van der Waals surface area contributed by atoms with Crippen LogP contribution in [0.4, 0.5) is 5.69 Å². The van der Waals surface area contributed by atoms with E-state index in [9.17, 15) is 4.79 Å². The van der Waals surface area contributed by atoms with Gasteiger partial charge in [0, 0.05) is 31.4 Å². The molecule has 0 saturated carbocycles. The first kappa shape index (κ1) is 16.4. The number of ether oxygens (including phenoxy) is 1. The van der Waals surface area contributed by atoms with Crippen LogP contribution in [-0.4, -0.2) is 44.8 Å². The van der Waals surface area contributed by atoms with E-state index in [1.165, 1.54) is 11.3 Å². The van der Waals surface area contributed by atoms with E-state index in [-0.39, 0.29) is 5.78 Å². The Balaban J connectivity index is 2.29. The highest BCUT2D eigenvalue weighted by molar-refractivity contribution is 6.11. The van der Waals surface area contributed by atoms with Gasteiger partial charge in [0.15, 0.2) is 5.78 Å². The minimum absolute atomic E-state index is 0.0294. The van der Waals surface area contributed by atoms with E-state index in [0.717, 1.165) is 44.0 Å². The van der Waals surface area contributed by atoms with Gasteiger partial charge in [0.1, 0.15) is 0 Å². The number of carbonyl (C=O) groups excluding carboxylic acids is 1. The van der Waals surface area contributed by atoms with Crippen molar-refractivity contribution in [3.8, 4) is 0 Å². The van der Waals surface area contributed by atoms with Gasteiger partial charge in [0.2, 0.25) is 0 Å². The summed E-state index contributed by atoms with van der Waals surface area (Å²) in [5.74, 6) is 0.0294. The molecular formula is C18H24N2O2. The van der Waals surface area contributed by atoms with Crippen molar-refractivity contribution in [2.45, 2.75) is 20.3 Å². The maximum atomic E-state index is 11.1. The SMILES string of the molecule is CCc1cc(C(/C=C\C(C)=O)=NC)ccc1N1CCOCC1. The van der Waals surface area contributed by atoms with Crippen molar-refractivity contribution in [3.63, 3.8) is 0 Å². The van der Waals surface area contributed by atoms with Crippen LogP contribution >= 0.6 is 0 Å². The van der Waals surface area contributed by atoms with Crippen LogP contribution in [-0.2, 0) is 16.0 Å². The van der Waals surface area contributed by atoms with Gasteiger partial charge in [0.05, 0.1) is 18.9 Å². The fourth-order valence-corrected chi connectivity index (χ4v) is 2.64. The Morgan fingerprint density at radius 1 is 1.32 bits per heavy atom. The Kier molecular flexibility index (Phi) is 5.90. The van der Waals surface area contributed by atoms with Crippen LogP contribution in [0, 0.1) is 0 Å². The molecule has 0 bridgehead atoms. The number of anilines is 1. The molecule has 0 N–H and O–H groups in total. The first-order valence-corrected chi connectivity index (χ1v) is 7.77. The fraction of sp³-hybridized carbons (Fsp3) is 0.444. The number of hydrogen-bond acceptors (Lipinski definition) is 4. The van der Waals surface area contributed by atoms with E-state index in [2.05, 4.69) is 35.0 Å². The van der Waals surface area contributed by atoms with Crippen LogP contribution in [0.3, 0.4) is 0 Å². The number of aliphatic imine (C=N–C) groups is 1. The third-order valence-corrected chi connectivity index (χ3v) is 3.82. The number of carbonyl (C=O) groups is 1. The summed E-state index contributed by atoms with van der Waals surface area (Å²) in [6.45, 7) is 7.15. The summed E-state index contributed by atoms with van der Waals surface area (Å²) < 4.78 is 5.43. The van der Waals surface area contributed by atoms with Crippen molar-refractivity contribution in [1.82, 2.24) is 0 Å². The number of nitrogens with zero attached hydrogens (tertiary/aromatic N) is 2. The molecule has 1 aromatic carbocycles. The second-order valence-corrected chi connectivity index (χ2v) is 5.35. The first-order valence-electron chi connectivity index (χ1n) is 7.77. The standard InChI is InChI=1S/C18H24N2O2/c1-4-15-13-16(17(19-3)7-5-14(2)21)6-8-18(15)20-9-11-22-12-10-20/h5-8,13H,4,9-12H2,1-3H3/b7-5-,19-17?. The van der Waals surface area contributed by atoms with Crippen molar-refractivity contribution in [1.29, 1.82) is 0 Å². The number of aryl methyl sites for hydroxylation is 1. The molecule has 1 aliphatic rings. The number of morpholine rings is 1. The van der Waals surface area contributed by atoms with Crippen LogP contribution in [0.1, 0.15) is 25.0 Å². The van der Waals surface area contributed by atoms with Crippen molar-refractivity contribution in [3.05, 3.63) is 41.5 Å². The van der Waals surface area contributed by atoms with Crippen LogP contribution in [0.2, 0.25) is 0 Å². The lowest BCUT2D eigenvalue weighted by Crippen LogP contribution is -2.36. The topological polar surface area (TPSA) is 41.9 Å². The highest BCUT2D eigenvalue weighted by atomic mass is 16.5. The molecule has 0 spiro atoms. The van der Waals surface area contributed by atoms with Gasteiger partial charge in [-0.05, 0) is 43.2 Å². The monoisotopic (exact) mass is 300 g/mol. The van der Waals surface area contributed by atoms with Crippen LogP contribution in [0.25, 0.3) is 0 Å². The van der Waals surface area contributed by atoms with Crippen LogP contribution in [0.5, 0.6) is 0 Å². The van der Waals surface area contributed by atoms with E-state index in [1.807, 2.05) is 0 Å². The lowest BCUT2D eigenvalue weighted by molar-refractivity contribution is -0.112. The predicted octanol–water partition coefficient (Wildman–Crippen LogP) is 2.65. The molecule has 0 aliphatic carbocycles. The third-order valence-electron chi connectivity index (χ3n) is 3.82. The number of ketones is 1. The van der Waals surface area contributed by atoms with E-state index in [0.29, 0.717) is 0 Å². The molecule has 1 heterocycles. The molecule has 0 radical (unpaired) electrons. The van der Waals surface area contributed by atoms with E-state index < -0.39 is 0 Å². The first-order chi connectivity index (χ1) is 10.7. The Hall–Kier alpha value is -1.94. The molecule has 1 saturated heterocycles. The number of benzene rings is 1. The highest BCUT2D eigenvalue weighted by Crippen LogP contribution is 2.24. The van der Waals surface area contributed by atoms with Gasteiger partial charge < -0.3 is 9.64 Å². The van der Waals surface area contributed by atoms with E-state index in [4.69, 9.17) is 4.74 Å². The second-order valence-electron chi connectivity index (χ2n) is 5.35. The quantitative estimate of drug-likeness (QED) is 0.620. The zero-order chi connectivity index (χ0) is 15.9. The van der Waals surface area contributed by atoms with Crippen LogP contribution in [0.15, 0.2) is 35.3 Å². The van der Waals surface area contributed by atoms with Crippen molar-refractivity contribution >= 4 is 17.2 Å².